The van der Waals surface area contributed by atoms with Gasteiger partial charge in [-0.05, 0) is 24.4 Å². The van der Waals surface area contributed by atoms with Gasteiger partial charge in [0.05, 0.1) is 35.9 Å². The molecule has 130 valence electrons. The summed E-state index contributed by atoms with van der Waals surface area (Å²) in [6, 6.07) is 5.47. The maximum atomic E-state index is 9.89. The number of methoxy groups -OCH3 is 1. The molecule has 0 radical (unpaired) electrons. The van der Waals surface area contributed by atoms with Gasteiger partial charge in [0.2, 0.25) is 0 Å². The van der Waals surface area contributed by atoms with E-state index in [-0.39, 0.29) is 12.3 Å². The van der Waals surface area contributed by atoms with Gasteiger partial charge in [-0.2, -0.15) is 5.10 Å². The quantitative estimate of drug-likeness (QED) is 0.494. The zero-order valence-corrected chi connectivity index (χ0v) is 13.8. The Hall–Kier alpha value is -2.97. The van der Waals surface area contributed by atoms with Crippen molar-refractivity contribution in [2.45, 2.75) is 12.6 Å². The van der Waals surface area contributed by atoms with Crippen LogP contribution in [-0.2, 0) is 11.3 Å². The second-order valence-corrected chi connectivity index (χ2v) is 5.72. The highest BCUT2D eigenvalue weighted by molar-refractivity contribution is 6.12. The van der Waals surface area contributed by atoms with Gasteiger partial charge in [-0.1, -0.05) is 6.07 Å². The molecule has 1 atom stereocenters. The molecule has 8 nitrogen and oxygen atoms in total. The van der Waals surface area contributed by atoms with Crippen LogP contribution in [0.15, 0.2) is 36.7 Å². The van der Waals surface area contributed by atoms with Crippen molar-refractivity contribution in [1.82, 2.24) is 14.8 Å². The molecule has 0 spiro atoms. The smallest absolute Gasteiger partial charge is 0.135 e. The molecule has 0 saturated heterocycles. The minimum Gasteiger partial charge on any atom is -0.405 e. The van der Waals surface area contributed by atoms with Gasteiger partial charge < -0.3 is 26.7 Å². The fourth-order valence-corrected chi connectivity index (χ4v) is 2.74. The van der Waals surface area contributed by atoms with Crippen LogP contribution in [0.3, 0.4) is 0 Å². The van der Waals surface area contributed by atoms with Gasteiger partial charge in [0.25, 0.3) is 0 Å². The molecule has 3 rings (SSSR count). The first kappa shape index (κ1) is 16.9. The number of aliphatic hydroxyl groups excluding tert-OH is 1. The number of hydrogen-bond acceptors (Lipinski definition) is 7. The number of ether oxygens (including phenoxy) is 1. The van der Waals surface area contributed by atoms with Crippen LogP contribution >= 0.6 is 0 Å². The van der Waals surface area contributed by atoms with Crippen molar-refractivity contribution in [3.8, 4) is 0 Å². The van der Waals surface area contributed by atoms with Crippen LogP contribution in [0.5, 0.6) is 0 Å². The van der Waals surface area contributed by atoms with E-state index in [1.54, 1.807) is 16.9 Å². The standard InChI is InChI=1S/C17H20N6O2/c1-25-9-11(24)7-23-8-13-16(22-23)12-3-2-10(14(19)4-5-18)6-15(12)21-17(13)20/h2-6,8,11,19,24H,7,9,18H2,1H3,(H2,20,21)/b5-4-,19-14?. The number of allylic oxidation sites excluding steroid dienone is 1. The minimum atomic E-state index is -0.658. The Bertz CT molecular complexity index is 963. The lowest BCUT2D eigenvalue weighted by atomic mass is 10.1. The lowest BCUT2D eigenvalue weighted by Gasteiger charge is -2.08. The zero-order chi connectivity index (χ0) is 18.0. The largest absolute Gasteiger partial charge is 0.405 e. The van der Waals surface area contributed by atoms with Crippen molar-refractivity contribution in [3.63, 3.8) is 0 Å². The number of nitrogen functional groups attached to an aromatic ring is 1. The highest BCUT2D eigenvalue weighted by atomic mass is 16.5. The summed E-state index contributed by atoms with van der Waals surface area (Å²) in [4.78, 5) is 4.42. The van der Waals surface area contributed by atoms with E-state index in [1.165, 1.54) is 19.4 Å². The normalized spacial score (nSPS) is 13.0. The van der Waals surface area contributed by atoms with Crippen molar-refractivity contribution in [2.75, 3.05) is 19.5 Å². The molecule has 0 aliphatic rings. The maximum absolute atomic E-state index is 9.89. The van der Waals surface area contributed by atoms with Crippen molar-refractivity contribution < 1.29 is 9.84 Å². The number of nitrogens with two attached hydrogens (primary N) is 2. The molecule has 25 heavy (non-hydrogen) atoms. The van der Waals surface area contributed by atoms with Gasteiger partial charge >= 0.3 is 0 Å². The highest BCUT2D eigenvalue weighted by Crippen LogP contribution is 2.27. The van der Waals surface area contributed by atoms with Gasteiger partial charge in [0, 0.05) is 24.3 Å². The van der Waals surface area contributed by atoms with Crippen LogP contribution in [0.4, 0.5) is 5.82 Å². The third-order valence-corrected chi connectivity index (χ3v) is 3.86. The molecule has 0 aliphatic heterocycles. The number of pyridine rings is 1. The molecule has 0 amide bonds. The number of fused-ring (bicyclic) bond motifs is 3. The molecule has 3 aromatic rings. The van der Waals surface area contributed by atoms with E-state index in [0.29, 0.717) is 29.0 Å². The molecule has 0 aliphatic carbocycles. The number of rotatable bonds is 6. The van der Waals surface area contributed by atoms with Gasteiger partial charge in [-0.25, -0.2) is 4.98 Å². The molecular weight excluding hydrogens is 320 g/mol. The molecule has 1 aromatic carbocycles. The Kier molecular flexibility index (Phi) is 4.64. The van der Waals surface area contributed by atoms with Crippen molar-refractivity contribution in [2.24, 2.45) is 5.73 Å². The summed E-state index contributed by atoms with van der Waals surface area (Å²) in [7, 11) is 1.53. The number of aromatic nitrogens is 3. The number of nitrogens with one attached hydrogen (secondary N) is 1. The van der Waals surface area contributed by atoms with Crippen LogP contribution in [0.2, 0.25) is 0 Å². The van der Waals surface area contributed by atoms with Crippen LogP contribution in [0.1, 0.15) is 5.56 Å². The molecule has 8 heteroatoms. The monoisotopic (exact) mass is 340 g/mol. The molecule has 2 aromatic heterocycles. The fraction of sp³-hybridized carbons (Fsp3) is 0.235. The minimum absolute atomic E-state index is 0.227. The number of aliphatic hydroxyl groups is 1. The summed E-state index contributed by atoms with van der Waals surface area (Å²) in [6.07, 6.45) is 3.94. The Balaban J connectivity index is 2.08. The summed E-state index contributed by atoms with van der Waals surface area (Å²) in [6.45, 7) is 0.526. The molecule has 1 unspecified atom stereocenters. The van der Waals surface area contributed by atoms with E-state index in [2.05, 4.69) is 10.1 Å². The number of nitrogens with zero attached hydrogens (tertiary/aromatic N) is 3. The predicted molar refractivity (Wildman–Crippen MR) is 97.5 cm³/mol. The molecular formula is C17H20N6O2. The van der Waals surface area contributed by atoms with Crippen LogP contribution in [0, 0.1) is 5.41 Å². The van der Waals surface area contributed by atoms with E-state index in [9.17, 15) is 5.11 Å². The lowest BCUT2D eigenvalue weighted by molar-refractivity contribution is 0.0515. The fourth-order valence-electron chi connectivity index (χ4n) is 2.74. The first-order valence-electron chi connectivity index (χ1n) is 7.74. The van der Waals surface area contributed by atoms with Crippen LogP contribution < -0.4 is 11.5 Å². The SMILES string of the molecule is COCC(O)Cn1cc2c(N)nc3cc(C(=N)/C=C\N)ccc3c2n1. The predicted octanol–water partition coefficient (Wildman–Crippen LogP) is 1.01. The lowest BCUT2D eigenvalue weighted by Crippen LogP contribution is -2.21. The van der Waals surface area contributed by atoms with E-state index in [4.69, 9.17) is 21.6 Å². The molecule has 0 fully saturated rings. The molecule has 0 bridgehead atoms. The zero-order valence-electron chi connectivity index (χ0n) is 13.8. The van der Waals surface area contributed by atoms with Crippen molar-refractivity contribution in [3.05, 3.63) is 42.2 Å². The third kappa shape index (κ3) is 3.30. The first-order chi connectivity index (χ1) is 12.0. The molecule has 2 heterocycles. The first-order valence-corrected chi connectivity index (χ1v) is 7.74. The van der Waals surface area contributed by atoms with Crippen molar-refractivity contribution in [1.29, 1.82) is 5.41 Å². The molecule has 0 saturated carbocycles. The van der Waals surface area contributed by atoms with E-state index < -0.39 is 6.10 Å². The van der Waals surface area contributed by atoms with E-state index in [1.807, 2.05) is 12.1 Å². The van der Waals surface area contributed by atoms with Gasteiger partial charge in [-0.15, -0.1) is 0 Å². The summed E-state index contributed by atoms with van der Waals surface area (Å²) in [5.74, 6) is 0.355. The second kappa shape index (κ2) is 6.88. The van der Waals surface area contributed by atoms with Gasteiger partial charge in [-0.3, -0.25) is 4.68 Å². The van der Waals surface area contributed by atoms with Gasteiger partial charge in [0.1, 0.15) is 11.3 Å². The number of hydrogen-bond donors (Lipinski definition) is 4. The summed E-state index contributed by atoms with van der Waals surface area (Å²) in [5, 5.41) is 23.9. The topological polar surface area (TPSA) is 136 Å². The Morgan fingerprint density at radius 3 is 2.96 bits per heavy atom. The highest BCUT2D eigenvalue weighted by Gasteiger charge is 2.13. The van der Waals surface area contributed by atoms with Gasteiger partial charge in [0.15, 0.2) is 0 Å². The van der Waals surface area contributed by atoms with Crippen LogP contribution in [-0.4, -0.2) is 45.4 Å². The summed E-state index contributed by atoms with van der Waals surface area (Å²) >= 11 is 0. The Morgan fingerprint density at radius 2 is 2.24 bits per heavy atom. The Morgan fingerprint density at radius 1 is 1.44 bits per heavy atom. The average molecular weight is 340 g/mol. The van der Waals surface area contributed by atoms with Crippen molar-refractivity contribution >= 4 is 33.3 Å². The molecule has 6 N–H and O–H groups in total. The van der Waals surface area contributed by atoms with Crippen LogP contribution in [0.25, 0.3) is 21.8 Å². The van der Waals surface area contributed by atoms with E-state index >= 15 is 0 Å². The maximum Gasteiger partial charge on any atom is 0.135 e. The number of anilines is 1. The Labute approximate surface area is 144 Å². The summed E-state index contributed by atoms with van der Waals surface area (Å²) in [5.41, 5.74) is 13.8. The van der Waals surface area contributed by atoms with E-state index in [0.717, 1.165) is 10.8 Å². The second-order valence-electron chi connectivity index (χ2n) is 5.72. The summed E-state index contributed by atoms with van der Waals surface area (Å²) < 4.78 is 6.57. The number of benzene rings is 1. The average Bonchev–Trinajstić information content (AvgIpc) is 2.99. The third-order valence-electron chi connectivity index (χ3n) is 3.86.